The van der Waals surface area contributed by atoms with Gasteiger partial charge < -0.3 is 10.6 Å². The minimum atomic E-state index is 0.481. The second kappa shape index (κ2) is 8.34. The van der Waals surface area contributed by atoms with Crippen molar-refractivity contribution in [3.8, 4) is 0 Å². The Balaban J connectivity index is 2.51. The van der Waals surface area contributed by atoms with E-state index in [-0.39, 0.29) is 0 Å². The molecule has 0 radical (unpaired) electrons. The van der Waals surface area contributed by atoms with Crippen LogP contribution >= 0.6 is 0 Å². The van der Waals surface area contributed by atoms with Crippen molar-refractivity contribution in [3.63, 3.8) is 0 Å². The standard InChI is InChI=1S/C17H30N2/c1-14(2)10-11-19(4)17(13-18)12-15(3)16-8-6-5-7-9-16/h5-9,14-15,17H,10-13,18H2,1-4H3. The lowest BCUT2D eigenvalue weighted by molar-refractivity contribution is 0.216. The van der Waals surface area contributed by atoms with Crippen LogP contribution in [0.5, 0.6) is 0 Å². The zero-order chi connectivity index (χ0) is 14.3. The second-order valence-electron chi connectivity index (χ2n) is 6.10. The lowest BCUT2D eigenvalue weighted by Crippen LogP contribution is -2.39. The predicted molar refractivity (Wildman–Crippen MR) is 84.4 cm³/mol. The Bertz CT molecular complexity index is 334. The van der Waals surface area contributed by atoms with Crippen molar-refractivity contribution in [3.05, 3.63) is 35.9 Å². The Labute approximate surface area is 119 Å². The van der Waals surface area contributed by atoms with Crippen molar-refractivity contribution in [2.45, 2.75) is 45.6 Å². The van der Waals surface area contributed by atoms with Crippen molar-refractivity contribution in [1.29, 1.82) is 0 Å². The molecule has 0 bridgehead atoms. The highest BCUT2D eigenvalue weighted by atomic mass is 15.1. The molecule has 0 aliphatic rings. The van der Waals surface area contributed by atoms with E-state index in [4.69, 9.17) is 5.73 Å². The third-order valence-electron chi connectivity index (χ3n) is 3.95. The molecule has 19 heavy (non-hydrogen) atoms. The zero-order valence-corrected chi connectivity index (χ0v) is 13.0. The van der Waals surface area contributed by atoms with Crippen LogP contribution < -0.4 is 5.73 Å². The van der Waals surface area contributed by atoms with Crippen LogP contribution in [0.2, 0.25) is 0 Å². The average molecular weight is 262 g/mol. The van der Waals surface area contributed by atoms with Crippen molar-refractivity contribution >= 4 is 0 Å². The topological polar surface area (TPSA) is 29.3 Å². The Kier molecular flexibility index (Phi) is 7.11. The predicted octanol–water partition coefficient (Wildman–Crippen LogP) is 3.49. The van der Waals surface area contributed by atoms with E-state index in [2.05, 4.69) is 63.1 Å². The first-order valence-electron chi connectivity index (χ1n) is 7.49. The summed E-state index contributed by atoms with van der Waals surface area (Å²) < 4.78 is 0. The van der Waals surface area contributed by atoms with E-state index in [1.807, 2.05) is 0 Å². The molecule has 0 amide bonds. The molecule has 2 nitrogen and oxygen atoms in total. The van der Waals surface area contributed by atoms with Crippen LogP contribution in [0.4, 0.5) is 0 Å². The molecule has 1 aromatic rings. The summed E-state index contributed by atoms with van der Waals surface area (Å²) in [6.07, 6.45) is 2.38. The van der Waals surface area contributed by atoms with E-state index >= 15 is 0 Å². The molecule has 0 aliphatic heterocycles. The summed E-state index contributed by atoms with van der Waals surface area (Å²) in [6.45, 7) is 8.73. The lowest BCUT2D eigenvalue weighted by atomic mass is 9.93. The fourth-order valence-electron chi connectivity index (χ4n) is 2.43. The minimum Gasteiger partial charge on any atom is -0.329 e. The Morgan fingerprint density at radius 3 is 2.26 bits per heavy atom. The lowest BCUT2D eigenvalue weighted by Gasteiger charge is -2.30. The number of nitrogens with two attached hydrogens (primary N) is 1. The molecule has 0 saturated heterocycles. The fraction of sp³-hybridized carbons (Fsp3) is 0.647. The van der Waals surface area contributed by atoms with Crippen LogP contribution in [0.3, 0.4) is 0 Å². The van der Waals surface area contributed by atoms with E-state index in [9.17, 15) is 0 Å². The first-order valence-corrected chi connectivity index (χ1v) is 7.49. The maximum Gasteiger partial charge on any atom is 0.0221 e. The fourth-order valence-corrected chi connectivity index (χ4v) is 2.43. The number of likely N-dealkylation sites (N-methyl/N-ethyl adjacent to an activating group) is 1. The van der Waals surface area contributed by atoms with Crippen LogP contribution in [-0.4, -0.2) is 31.1 Å². The molecule has 2 unspecified atom stereocenters. The molecule has 1 aromatic carbocycles. The van der Waals surface area contributed by atoms with Gasteiger partial charge in [-0.2, -0.15) is 0 Å². The quantitative estimate of drug-likeness (QED) is 0.777. The molecular formula is C17H30N2. The first-order chi connectivity index (χ1) is 9.04. The summed E-state index contributed by atoms with van der Waals surface area (Å²) in [6, 6.07) is 11.2. The number of hydrogen-bond acceptors (Lipinski definition) is 2. The maximum absolute atomic E-state index is 5.96. The van der Waals surface area contributed by atoms with Crippen LogP contribution in [-0.2, 0) is 0 Å². The molecule has 0 saturated carbocycles. The molecule has 0 fully saturated rings. The largest absolute Gasteiger partial charge is 0.329 e. The number of benzene rings is 1. The van der Waals surface area contributed by atoms with Crippen LogP contribution in [0, 0.1) is 5.92 Å². The smallest absolute Gasteiger partial charge is 0.0221 e. The van der Waals surface area contributed by atoms with Gasteiger partial charge in [-0.1, -0.05) is 51.1 Å². The monoisotopic (exact) mass is 262 g/mol. The molecule has 0 aromatic heterocycles. The van der Waals surface area contributed by atoms with Gasteiger partial charge in [0.25, 0.3) is 0 Å². The van der Waals surface area contributed by atoms with E-state index in [1.54, 1.807) is 0 Å². The van der Waals surface area contributed by atoms with Crippen molar-refractivity contribution in [1.82, 2.24) is 4.90 Å². The van der Waals surface area contributed by atoms with Gasteiger partial charge in [0.05, 0.1) is 0 Å². The van der Waals surface area contributed by atoms with Gasteiger partial charge in [-0.05, 0) is 43.8 Å². The Hall–Kier alpha value is -0.860. The van der Waals surface area contributed by atoms with Gasteiger partial charge in [0.2, 0.25) is 0 Å². The average Bonchev–Trinajstić information content (AvgIpc) is 2.42. The Morgan fingerprint density at radius 1 is 1.11 bits per heavy atom. The van der Waals surface area contributed by atoms with Gasteiger partial charge in [-0.25, -0.2) is 0 Å². The molecule has 2 atom stereocenters. The molecule has 108 valence electrons. The molecule has 0 spiro atoms. The summed E-state index contributed by atoms with van der Waals surface area (Å²) in [5.41, 5.74) is 7.38. The zero-order valence-electron chi connectivity index (χ0n) is 13.0. The van der Waals surface area contributed by atoms with E-state index in [0.717, 1.165) is 25.4 Å². The van der Waals surface area contributed by atoms with Gasteiger partial charge >= 0.3 is 0 Å². The van der Waals surface area contributed by atoms with Crippen LogP contribution in [0.15, 0.2) is 30.3 Å². The van der Waals surface area contributed by atoms with Crippen molar-refractivity contribution in [2.24, 2.45) is 11.7 Å². The highest BCUT2D eigenvalue weighted by Crippen LogP contribution is 2.22. The summed E-state index contributed by atoms with van der Waals surface area (Å²) in [5.74, 6) is 1.32. The van der Waals surface area contributed by atoms with Gasteiger partial charge in [-0.15, -0.1) is 0 Å². The number of nitrogens with zero attached hydrogens (tertiary/aromatic N) is 1. The third-order valence-corrected chi connectivity index (χ3v) is 3.95. The van der Waals surface area contributed by atoms with Gasteiger partial charge in [0, 0.05) is 12.6 Å². The van der Waals surface area contributed by atoms with Gasteiger partial charge in [0.15, 0.2) is 0 Å². The third kappa shape index (κ3) is 5.75. The Morgan fingerprint density at radius 2 is 1.74 bits per heavy atom. The second-order valence-corrected chi connectivity index (χ2v) is 6.10. The minimum absolute atomic E-state index is 0.481. The van der Waals surface area contributed by atoms with E-state index < -0.39 is 0 Å². The molecule has 0 aliphatic carbocycles. The van der Waals surface area contributed by atoms with Crippen molar-refractivity contribution < 1.29 is 0 Å². The first kappa shape index (κ1) is 16.2. The number of hydrogen-bond donors (Lipinski definition) is 1. The summed E-state index contributed by atoms with van der Waals surface area (Å²) in [4.78, 5) is 2.43. The highest BCUT2D eigenvalue weighted by molar-refractivity contribution is 5.18. The SMILES string of the molecule is CC(C)CCN(C)C(CN)CC(C)c1ccccc1. The molecule has 2 heteroatoms. The maximum atomic E-state index is 5.96. The summed E-state index contributed by atoms with van der Waals surface area (Å²) in [7, 11) is 2.21. The van der Waals surface area contributed by atoms with Crippen LogP contribution in [0.1, 0.15) is 45.1 Å². The number of rotatable bonds is 8. The molecular weight excluding hydrogens is 232 g/mol. The molecule has 2 N–H and O–H groups in total. The van der Waals surface area contributed by atoms with Crippen molar-refractivity contribution in [2.75, 3.05) is 20.1 Å². The van der Waals surface area contributed by atoms with Gasteiger partial charge in [-0.3, -0.25) is 0 Å². The highest BCUT2D eigenvalue weighted by Gasteiger charge is 2.17. The normalized spacial score (nSPS) is 14.9. The molecule has 0 heterocycles. The summed E-state index contributed by atoms with van der Waals surface area (Å²) >= 11 is 0. The van der Waals surface area contributed by atoms with E-state index in [0.29, 0.717) is 12.0 Å². The van der Waals surface area contributed by atoms with Crippen LogP contribution in [0.25, 0.3) is 0 Å². The van der Waals surface area contributed by atoms with E-state index in [1.165, 1.54) is 12.0 Å². The molecule has 1 rings (SSSR count). The van der Waals surface area contributed by atoms with Gasteiger partial charge in [0.1, 0.15) is 0 Å². The summed E-state index contributed by atoms with van der Waals surface area (Å²) in [5, 5.41) is 0.